The van der Waals surface area contributed by atoms with Gasteiger partial charge in [-0.25, -0.2) is 4.98 Å². The SMILES string of the molecule is CCOc1cc(C=Nn2c(C)nc3ccc(Br)cc3c2=O)c(Br)c(Br)c1OCC(N)=O. The van der Waals surface area contributed by atoms with Gasteiger partial charge in [0.05, 0.1) is 28.2 Å². The summed E-state index contributed by atoms with van der Waals surface area (Å²) in [4.78, 5) is 28.5. The van der Waals surface area contributed by atoms with E-state index < -0.39 is 5.91 Å². The van der Waals surface area contributed by atoms with Gasteiger partial charge in [0.15, 0.2) is 18.1 Å². The summed E-state index contributed by atoms with van der Waals surface area (Å²) in [6.07, 6.45) is 1.51. The molecule has 0 atom stereocenters. The molecule has 0 radical (unpaired) electrons. The fourth-order valence-electron chi connectivity index (χ4n) is 2.75. The molecule has 0 fully saturated rings. The van der Waals surface area contributed by atoms with Gasteiger partial charge in [-0.15, -0.1) is 0 Å². The molecule has 1 aromatic heterocycles. The minimum Gasteiger partial charge on any atom is -0.490 e. The molecule has 162 valence electrons. The molecule has 0 saturated carbocycles. The van der Waals surface area contributed by atoms with Crippen LogP contribution < -0.4 is 20.8 Å². The van der Waals surface area contributed by atoms with Crippen molar-refractivity contribution in [2.45, 2.75) is 13.8 Å². The first-order chi connectivity index (χ1) is 14.7. The zero-order valence-electron chi connectivity index (χ0n) is 16.5. The first-order valence-electron chi connectivity index (χ1n) is 9.02. The Morgan fingerprint density at radius 3 is 2.65 bits per heavy atom. The van der Waals surface area contributed by atoms with Gasteiger partial charge in [-0.3, -0.25) is 9.59 Å². The van der Waals surface area contributed by atoms with Gasteiger partial charge < -0.3 is 15.2 Å². The lowest BCUT2D eigenvalue weighted by atomic mass is 10.2. The number of halogens is 3. The molecule has 0 aliphatic heterocycles. The number of nitrogens with zero attached hydrogens (tertiary/aromatic N) is 3. The molecule has 0 saturated heterocycles. The normalized spacial score (nSPS) is 11.3. The Hall–Kier alpha value is -2.24. The van der Waals surface area contributed by atoms with Crippen LogP contribution in [0.5, 0.6) is 11.5 Å². The average molecular weight is 617 g/mol. The van der Waals surface area contributed by atoms with Gasteiger partial charge in [0.25, 0.3) is 11.5 Å². The van der Waals surface area contributed by atoms with E-state index in [0.717, 1.165) is 4.47 Å². The predicted octanol–water partition coefficient (Wildman–Crippen LogP) is 4.14. The molecule has 0 aliphatic rings. The van der Waals surface area contributed by atoms with Crippen molar-refractivity contribution in [2.75, 3.05) is 13.2 Å². The summed E-state index contributed by atoms with van der Waals surface area (Å²) in [6.45, 7) is 3.60. The Balaban J connectivity index is 2.08. The zero-order chi connectivity index (χ0) is 22.7. The van der Waals surface area contributed by atoms with Crippen LogP contribution in [0.3, 0.4) is 0 Å². The minimum absolute atomic E-state index is 0.290. The van der Waals surface area contributed by atoms with Crippen LogP contribution in [0.4, 0.5) is 0 Å². The molecule has 0 bridgehead atoms. The number of aryl methyl sites for hydroxylation is 1. The Morgan fingerprint density at radius 2 is 1.97 bits per heavy atom. The highest BCUT2D eigenvalue weighted by molar-refractivity contribution is 9.13. The summed E-state index contributed by atoms with van der Waals surface area (Å²) in [7, 11) is 0. The molecule has 0 aliphatic carbocycles. The lowest BCUT2D eigenvalue weighted by Gasteiger charge is -2.15. The Bertz CT molecular complexity index is 1260. The van der Waals surface area contributed by atoms with E-state index in [2.05, 4.69) is 57.9 Å². The number of nitrogens with two attached hydrogens (primary N) is 1. The topological polar surface area (TPSA) is 109 Å². The van der Waals surface area contributed by atoms with Gasteiger partial charge in [0.1, 0.15) is 5.82 Å². The van der Waals surface area contributed by atoms with Crippen molar-refractivity contribution in [3.05, 3.63) is 59.4 Å². The van der Waals surface area contributed by atoms with Crippen molar-refractivity contribution in [1.82, 2.24) is 9.66 Å². The average Bonchev–Trinajstić information content (AvgIpc) is 2.71. The van der Waals surface area contributed by atoms with E-state index in [-0.39, 0.29) is 12.2 Å². The van der Waals surface area contributed by atoms with E-state index in [1.54, 1.807) is 25.1 Å². The zero-order valence-corrected chi connectivity index (χ0v) is 21.2. The molecular weight excluding hydrogens is 600 g/mol. The van der Waals surface area contributed by atoms with Crippen molar-refractivity contribution in [3.63, 3.8) is 0 Å². The van der Waals surface area contributed by atoms with Gasteiger partial charge in [0.2, 0.25) is 0 Å². The molecule has 8 nitrogen and oxygen atoms in total. The summed E-state index contributed by atoms with van der Waals surface area (Å²) in [5.74, 6) is 0.555. The van der Waals surface area contributed by atoms with Gasteiger partial charge >= 0.3 is 0 Å². The summed E-state index contributed by atoms with van der Waals surface area (Å²) in [5.41, 5.74) is 6.09. The Kier molecular flexibility index (Phi) is 7.50. The lowest BCUT2D eigenvalue weighted by molar-refractivity contribution is -0.119. The highest BCUT2D eigenvalue weighted by atomic mass is 79.9. The van der Waals surface area contributed by atoms with E-state index in [4.69, 9.17) is 15.2 Å². The first-order valence-corrected chi connectivity index (χ1v) is 11.4. The number of fused-ring (bicyclic) bond motifs is 1. The molecule has 0 spiro atoms. The number of hydrogen-bond donors (Lipinski definition) is 1. The second-order valence-corrected chi connectivity index (χ2v) is 8.79. The van der Waals surface area contributed by atoms with Gasteiger partial charge in [-0.1, -0.05) is 15.9 Å². The van der Waals surface area contributed by atoms with Crippen LogP contribution in [-0.2, 0) is 4.79 Å². The summed E-state index contributed by atoms with van der Waals surface area (Å²) in [5, 5.41) is 4.79. The summed E-state index contributed by atoms with van der Waals surface area (Å²) >= 11 is 10.3. The highest BCUT2D eigenvalue weighted by Crippen LogP contribution is 2.42. The monoisotopic (exact) mass is 614 g/mol. The third-order valence-corrected chi connectivity index (χ3v) is 6.73. The van der Waals surface area contributed by atoms with Gasteiger partial charge in [-0.2, -0.15) is 9.78 Å². The molecule has 1 heterocycles. The van der Waals surface area contributed by atoms with Crippen LogP contribution >= 0.6 is 47.8 Å². The molecule has 3 aromatic rings. The number of carbonyl (C=O) groups excluding carboxylic acids is 1. The summed E-state index contributed by atoms with van der Waals surface area (Å²) in [6, 6.07) is 6.99. The smallest absolute Gasteiger partial charge is 0.282 e. The van der Waals surface area contributed by atoms with Crippen molar-refractivity contribution in [2.24, 2.45) is 10.8 Å². The van der Waals surface area contributed by atoms with Crippen LogP contribution in [0.15, 0.2) is 47.6 Å². The largest absolute Gasteiger partial charge is 0.490 e. The number of aromatic nitrogens is 2. The summed E-state index contributed by atoms with van der Waals surface area (Å²) < 4.78 is 14.3. The third-order valence-electron chi connectivity index (χ3n) is 4.10. The minimum atomic E-state index is -0.610. The second-order valence-electron chi connectivity index (χ2n) is 6.29. The maximum Gasteiger partial charge on any atom is 0.282 e. The molecule has 2 aromatic carbocycles. The van der Waals surface area contributed by atoms with Crippen LogP contribution in [0.1, 0.15) is 18.3 Å². The van der Waals surface area contributed by atoms with Crippen LogP contribution in [0, 0.1) is 6.92 Å². The van der Waals surface area contributed by atoms with Gasteiger partial charge in [-0.05, 0) is 70.0 Å². The van der Waals surface area contributed by atoms with Crippen LogP contribution in [0.25, 0.3) is 10.9 Å². The van der Waals surface area contributed by atoms with E-state index in [1.807, 2.05) is 13.0 Å². The predicted molar refractivity (Wildman–Crippen MR) is 129 cm³/mol. The maximum atomic E-state index is 12.9. The third kappa shape index (κ3) is 5.16. The van der Waals surface area contributed by atoms with Crippen LogP contribution in [0.2, 0.25) is 0 Å². The maximum absolute atomic E-state index is 12.9. The standard InChI is InChI=1S/C20H17Br3N4O4/c1-3-30-15-6-11(17(22)18(23)19(15)31-9-16(24)28)8-25-27-10(2)26-14-5-4-12(21)7-13(14)20(27)29/h4-8H,3,9H2,1-2H3,(H2,24,28). The number of primary amides is 1. The first kappa shape index (κ1) is 23.4. The molecule has 0 unspecified atom stereocenters. The number of amides is 1. The van der Waals surface area contributed by atoms with Crippen molar-refractivity contribution in [1.29, 1.82) is 0 Å². The van der Waals surface area contributed by atoms with E-state index in [0.29, 0.717) is 49.3 Å². The fourth-order valence-corrected chi connectivity index (χ4v) is 4.05. The van der Waals surface area contributed by atoms with Crippen molar-refractivity contribution < 1.29 is 14.3 Å². The number of ether oxygens (including phenoxy) is 2. The molecule has 1 amide bonds. The van der Waals surface area contributed by atoms with Crippen LogP contribution in [-0.4, -0.2) is 35.0 Å². The van der Waals surface area contributed by atoms with E-state index in [9.17, 15) is 9.59 Å². The van der Waals surface area contributed by atoms with Crippen molar-refractivity contribution >= 4 is 70.8 Å². The van der Waals surface area contributed by atoms with Crippen molar-refractivity contribution in [3.8, 4) is 11.5 Å². The number of carbonyl (C=O) groups is 1. The lowest BCUT2D eigenvalue weighted by Crippen LogP contribution is -2.21. The Morgan fingerprint density at radius 1 is 1.23 bits per heavy atom. The fraction of sp³-hybridized carbons (Fsp3) is 0.200. The molecular formula is C20H17Br3N4O4. The van der Waals surface area contributed by atoms with E-state index >= 15 is 0 Å². The highest BCUT2D eigenvalue weighted by Gasteiger charge is 2.18. The second kappa shape index (κ2) is 9.92. The number of hydrogen-bond acceptors (Lipinski definition) is 6. The molecule has 3 rings (SSSR count). The van der Waals surface area contributed by atoms with Gasteiger partial charge in [0, 0.05) is 14.5 Å². The van der Waals surface area contributed by atoms with E-state index in [1.165, 1.54) is 10.9 Å². The number of rotatable bonds is 7. The molecule has 31 heavy (non-hydrogen) atoms. The number of benzene rings is 2. The Labute approximate surface area is 202 Å². The quantitative estimate of drug-likeness (QED) is 0.402. The molecule has 2 N–H and O–H groups in total. The molecule has 11 heteroatoms.